The number of fused-ring (bicyclic) bond motifs is 1. The average Bonchev–Trinajstić information content (AvgIpc) is 2.78. The molecule has 0 saturated heterocycles. The summed E-state index contributed by atoms with van der Waals surface area (Å²) in [7, 11) is 1.47. The molecule has 0 aliphatic carbocycles. The number of ether oxygens (including phenoxy) is 4. The molecule has 0 amide bonds. The number of esters is 1. The van der Waals surface area contributed by atoms with Gasteiger partial charge in [0.2, 0.25) is 0 Å². The van der Waals surface area contributed by atoms with E-state index < -0.39 is 12.0 Å². The predicted molar refractivity (Wildman–Crippen MR) is 122 cm³/mol. The Morgan fingerprint density at radius 3 is 2.66 bits per heavy atom. The third-order valence-corrected chi connectivity index (χ3v) is 5.60. The fourth-order valence-electron chi connectivity index (χ4n) is 3.83. The third-order valence-electron chi connectivity index (χ3n) is 5.30. The Hall–Kier alpha value is -3.46. The van der Waals surface area contributed by atoms with Gasteiger partial charge in [-0.3, -0.25) is 4.90 Å². The van der Waals surface area contributed by atoms with Gasteiger partial charge in [0.15, 0.2) is 28.1 Å². The number of allylic oxidation sites excluding steroid dienone is 1. The average molecular weight is 457 g/mol. The number of hydrogen-bond donors (Lipinski definition) is 2. The lowest BCUT2D eigenvalue weighted by Gasteiger charge is -2.38. The molecule has 2 aliphatic heterocycles. The van der Waals surface area contributed by atoms with E-state index >= 15 is 0 Å². The second-order valence-electron chi connectivity index (χ2n) is 7.20. The molecule has 0 radical (unpaired) electrons. The molecular weight excluding hydrogens is 432 g/mol. The number of rotatable bonds is 5. The summed E-state index contributed by atoms with van der Waals surface area (Å²) in [5.41, 5.74) is 2.38. The molecule has 0 saturated carbocycles. The van der Waals surface area contributed by atoms with Gasteiger partial charge in [-0.05, 0) is 55.9 Å². The van der Waals surface area contributed by atoms with Crippen molar-refractivity contribution in [1.29, 1.82) is 0 Å². The van der Waals surface area contributed by atoms with Crippen molar-refractivity contribution in [3.8, 4) is 23.0 Å². The molecule has 1 atom stereocenters. The first-order chi connectivity index (χ1) is 15.4. The zero-order valence-corrected chi connectivity index (χ0v) is 18.8. The summed E-state index contributed by atoms with van der Waals surface area (Å²) < 4.78 is 21.8. The van der Waals surface area contributed by atoms with Gasteiger partial charge in [0.25, 0.3) is 0 Å². The number of aromatic hydroxyl groups is 1. The molecule has 32 heavy (non-hydrogen) atoms. The van der Waals surface area contributed by atoms with Gasteiger partial charge in [-0.15, -0.1) is 0 Å². The van der Waals surface area contributed by atoms with Crippen LogP contribution in [-0.2, 0) is 9.53 Å². The smallest absolute Gasteiger partial charge is 0.338 e. The number of benzene rings is 2. The molecule has 0 bridgehead atoms. The summed E-state index contributed by atoms with van der Waals surface area (Å²) in [4.78, 5) is 14.8. The Morgan fingerprint density at radius 1 is 1.22 bits per heavy atom. The van der Waals surface area contributed by atoms with E-state index in [0.717, 1.165) is 5.69 Å². The van der Waals surface area contributed by atoms with Crippen LogP contribution in [0, 0.1) is 0 Å². The van der Waals surface area contributed by atoms with E-state index in [1.807, 2.05) is 25.1 Å². The number of anilines is 1. The maximum Gasteiger partial charge on any atom is 0.338 e. The van der Waals surface area contributed by atoms with Crippen LogP contribution in [0.25, 0.3) is 0 Å². The van der Waals surface area contributed by atoms with Crippen LogP contribution in [0.2, 0.25) is 0 Å². The van der Waals surface area contributed by atoms with Crippen molar-refractivity contribution in [3.05, 3.63) is 53.2 Å². The summed E-state index contributed by atoms with van der Waals surface area (Å²) in [5, 5.41) is 13.9. The first-order valence-corrected chi connectivity index (χ1v) is 10.6. The molecule has 2 N–H and O–H groups in total. The molecule has 168 valence electrons. The molecule has 2 aliphatic rings. The van der Waals surface area contributed by atoms with E-state index in [0.29, 0.717) is 52.4 Å². The van der Waals surface area contributed by atoms with Crippen LogP contribution in [0.5, 0.6) is 23.0 Å². The molecule has 4 rings (SSSR count). The summed E-state index contributed by atoms with van der Waals surface area (Å²) in [6, 6.07) is 9.85. The van der Waals surface area contributed by atoms with E-state index in [9.17, 15) is 9.90 Å². The van der Waals surface area contributed by atoms with Gasteiger partial charge in [-0.25, -0.2) is 4.79 Å². The second-order valence-corrected chi connectivity index (χ2v) is 7.58. The second kappa shape index (κ2) is 8.96. The first-order valence-electron chi connectivity index (χ1n) is 10.2. The van der Waals surface area contributed by atoms with Crippen LogP contribution in [0.3, 0.4) is 0 Å². The number of carbonyl (C=O) groups is 1. The van der Waals surface area contributed by atoms with E-state index in [4.69, 9.17) is 31.2 Å². The maximum atomic E-state index is 13.0. The van der Waals surface area contributed by atoms with Crippen LogP contribution in [-0.4, -0.2) is 43.1 Å². The van der Waals surface area contributed by atoms with Crippen molar-refractivity contribution in [1.82, 2.24) is 5.32 Å². The Labute approximate surface area is 191 Å². The quantitative estimate of drug-likeness (QED) is 0.519. The van der Waals surface area contributed by atoms with E-state index in [-0.39, 0.29) is 12.4 Å². The van der Waals surface area contributed by atoms with Crippen molar-refractivity contribution < 1.29 is 28.8 Å². The molecule has 0 spiro atoms. The number of phenols is 1. The number of carbonyl (C=O) groups excluding carboxylic acids is 1. The van der Waals surface area contributed by atoms with Gasteiger partial charge < -0.3 is 29.4 Å². The minimum absolute atomic E-state index is 0.0344. The Balaban J connectivity index is 1.80. The van der Waals surface area contributed by atoms with Gasteiger partial charge in [0.05, 0.1) is 31.0 Å². The summed E-state index contributed by atoms with van der Waals surface area (Å²) in [5.74, 6) is 1.11. The standard InChI is InChI=1S/C23H24N2O6S/c1-4-29-22(27)20-13(2)25(15-6-8-18-19(12-15)31-10-9-30-18)23(32)24-21(20)14-5-7-17(28-3)16(26)11-14/h5-8,11-12,21,26H,4,9-10H2,1-3H3,(H,24,32). The van der Waals surface area contributed by atoms with Gasteiger partial charge in [0.1, 0.15) is 13.2 Å². The maximum absolute atomic E-state index is 13.0. The highest BCUT2D eigenvalue weighted by Gasteiger charge is 2.36. The molecule has 9 heteroatoms. The highest BCUT2D eigenvalue weighted by atomic mass is 32.1. The highest BCUT2D eigenvalue weighted by molar-refractivity contribution is 7.80. The lowest BCUT2D eigenvalue weighted by molar-refractivity contribution is -0.139. The lowest BCUT2D eigenvalue weighted by atomic mass is 9.94. The number of thiocarbonyl (C=S) groups is 1. The molecule has 2 aromatic carbocycles. The zero-order chi connectivity index (χ0) is 22.8. The number of methoxy groups -OCH3 is 1. The Morgan fingerprint density at radius 2 is 1.97 bits per heavy atom. The first kappa shape index (κ1) is 21.8. The zero-order valence-electron chi connectivity index (χ0n) is 18.0. The summed E-state index contributed by atoms with van der Waals surface area (Å²) >= 11 is 5.67. The van der Waals surface area contributed by atoms with Crippen molar-refractivity contribution in [2.45, 2.75) is 19.9 Å². The van der Waals surface area contributed by atoms with Crippen molar-refractivity contribution in [3.63, 3.8) is 0 Å². The van der Waals surface area contributed by atoms with Gasteiger partial charge in [-0.2, -0.15) is 0 Å². The predicted octanol–water partition coefficient (Wildman–Crippen LogP) is 3.44. The molecule has 8 nitrogen and oxygen atoms in total. The number of phenolic OH excluding ortho intramolecular Hbond substituents is 1. The molecule has 0 fully saturated rings. The number of nitrogens with one attached hydrogen (secondary N) is 1. The molecular formula is C23H24N2O6S. The normalized spacial score (nSPS) is 17.7. The van der Waals surface area contributed by atoms with Gasteiger partial charge in [-0.1, -0.05) is 6.07 Å². The highest BCUT2D eigenvalue weighted by Crippen LogP contribution is 2.40. The number of hydrogen-bond acceptors (Lipinski definition) is 7. The van der Waals surface area contributed by atoms with Gasteiger partial charge >= 0.3 is 5.97 Å². The summed E-state index contributed by atoms with van der Waals surface area (Å²) in [6.07, 6.45) is 0. The van der Waals surface area contributed by atoms with Crippen molar-refractivity contribution >= 4 is 29.0 Å². The van der Waals surface area contributed by atoms with Crippen LogP contribution >= 0.6 is 12.2 Å². The van der Waals surface area contributed by atoms with Crippen LogP contribution < -0.4 is 24.4 Å². The van der Waals surface area contributed by atoms with E-state index in [1.54, 1.807) is 30.0 Å². The number of nitrogens with zero attached hydrogens (tertiary/aromatic N) is 1. The van der Waals surface area contributed by atoms with Crippen LogP contribution in [0.1, 0.15) is 25.5 Å². The van der Waals surface area contributed by atoms with E-state index in [2.05, 4.69) is 5.32 Å². The largest absolute Gasteiger partial charge is 0.504 e. The minimum atomic E-state index is -0.605. The Bertz CT molecular complexity index is 1100. The molecule has 2 heterocycles. The fourth-order valence-corrected chi connectivity index (χ4v) is 4.20. The monoisotopic (exact) mass is 456 g/mol. The van der Waals surface area contributed by atoms with E-state index in [1.165, 1.54) is 7.11 Å². The van der Waals surface area contributed by atoms with Crippen LogP contribution in [0.15, 0.2) is 47.7 Å². The lowest BCUT2D eigenvalue weighted by Crippen LogP contribution is -2.48. The minimum Gasteiger partial charge on any atom is -0.504 e. The van der Waals surface area contributed by atoms with Crippen molar-refractivity contribution in [2.75, 3.05) is 31.8 Å². The fraction of sp³-hybridized carbons (Fsp3) is 0.304. The topological polar surface area (TPSA) is 89.5 Å². The van der Waals surface area contributed by atoms with Gasteiger partial charge in [0, 0.05) is 11.8 Å². The third kappa shape index (κ3) is 3.91. The molecule has 2 aromatic rings. The molecule has 1 unspecified atom stereocenters. The SMILES string of the molecule is CCOC(=O)C1=C(C)N(c2ccc3c(c2)OCCO3)C(=S)NC1c1ccc(OC)c(O)c1. The molecule has 0 aromatic heterocycles. The Kier molecular flexibility index (Phi) is 6.09. The van der Waals surface area contributed by atoms with Crippen LogP contribution in [0.4, 0.5) is 5.69 Å². The summed E-state index contributed by atoms with van der Waals surface area (Å²) in [6.45, 7) is 4.75. The van der Waals surface area contributed by atoms with Crippen molar-refractivity contribution in [2.24, 2.45) is 0 Å².